The van der Waals surface area contributed by atoms with Crippen LogP contribution in [0.2, 0.25) is 0 Å². The van der Waals surface area contributed by atoms with Gasteiger partial charge in [-0.2, -0.15) is 0 Å². The molecule has 0 bridgehead atoms. The first-order valence-corrected chi connectivity index (χ1v) is 4.89. The van der Waals surface area contributed by atoms with Crippen molar-refractivity contribution in [2.24, 2.45) is 5.73 Å². The number of nitrogens with one attached hydrogen (secondary N) is 1. The number of methoxy groups -OCH3 is 1. The number of hydrogen-bond donors (Lipinski definition) is 2. The molecule has 80 valence electrons. The molecule has 0 fully saturated rings. The molecule has 13 heavy (non-hydrogen) atoms. The molecule has 0 radical (unpaired) electrons. The van der Waals surface area contributed by atoms with Gasteiger partial charge >= 0.3 is 0 Å². The summed E-state index contributed by atoms with van der Waals surface area (Å²) in [6.45, 7) is 4.98. The first-order valence-electron chi connectivity index (χ1n) is 4.89. The molecule has 0 aliphatic rings. The molecule has 4 heteroatoms. The van der Waals surface area contributed by atoms with Gasteiger partial charge in [0.25, 0.3) is 0 Å². The van der Waals surface area contributed by atoms with E-state index in [2.05, 4.69) is 5.32 Å². The molecule has 0 aliphatic heterocycles. The van der Waals surface area contributed by atoms with Crippen LogP contribution in [-0.2, 0) is 9.47 Å². The zero-order valence-electron chi connectivity index (χ0n) is 8.55. The van der Waals surface area contributed by atoms with Crippen molar-refractivity contribution in [2.45, 2.75) is 12.8 Å². The Labute approximate surface area is 80.8 Å². The van der Waals surface area contributed by atoms with Gasteiger partial charge in [0, 0.05) is 26.9 Å². The van der Waals surface area contributed by atoms with Crippen molar-refractivity contribution in [3.63, 3.8) is 0 Å². The summed E-state index contributed by atoms with van der Waals surface area (Å²) in [7, 11) is 1.70. The van der Waals surface area contributed by atoms with Crippen LogP contribution in [0.4, 0.5) is 0 Å². The maximum absolute atomic E-state index is 5.34. The summed E-state index contributed by atoms with van der Waals surface area (Å²) in [4.78, 5) is 0. The van der Waals surface area contributed by atoms with Crippen molar-refractivity contribution in [1.29, 1.82) is 0 Å². The van der Waals surface area contributed by atoms with Crippen LogP contribution in [-0.4, -0.2) is 46.6 Å². The van der Waals surface area contributed by atoms with E-state index >= 15 is 0 Å². The molecule has 0 amide bonds. The zero-order valence-corrected chi connectivity index (χ0v) is 8.55. The molecule has 0 spiro atoms. The van der Waals surface area contributed by atoms with E-state index in [-0.39, 0.29) is 0 Å². The van der Waals surface area contributed by atoms with E-state index in [0.717, 1.165) is 52.3 Å². The molecular weight excluding hydrogens is 168 g/mol. The Morgan fingerprint density at radius 2 is 1.92 bits per heavy atom. The lowest BCUT2D eigenvalue weighted by Gasteiger charge is -2.05. The van der Waals surface area contributed by atoms with E-state index < -0.39 is 0 Å². The number of ether oxygens (including phenoxy) is 2. The first kappa shape index (κ1) is 12.8. The Kier molecular flexibility index (Phi) is 11.7. The van der Waals surface area contributed by atoms with Gasteiger partial charge < -0.3 is 20.5 Å². The summed E-state index contributed by atoms with van der Waals surface area (Å²) in [5.74, 6) is 0. The third-order valence-corrected chi connectivity index (χ3v) is 1.62. The molecule has 0 unspecified atom stereocenters. The second-order valence-corrected chi connectivity index (χ2v) is 2.85. The van der Waals surface area contributed by atoms with E-state index in [4.69, 9.17) is 15.2 Å². The van der Waals surface area contributed by atoms with Crippen LogP contribution in [0.15, 0.2) is 0 Å². The fraction of sp³-hybridized carbons (Fsp3) is 1.00. The quantitative estimate of drug-likeness (QED) is 0.475. The zero-order chi connectivity index (χ0) is 9.78. The lowest BCUT2D eigenvalue weighted by molar-refractivity contribution is 0.104. The van der Waals surface area contributed by atoms with Crippen LogP contribution in [0, 0.1) is 0 Å². The second kappa shape index (κ2) is 11.8. The highest BCUT2D eigenvalue weighted by molar-refractivity contribution is 4.47. The fourth-order valence-electron chi connectivity index (χ4n) is 0.904. The molecule has 3 N–H and O–H groups in total. The third-order valence-electron chi connectivity index (χ3n) is 1.62. The van der Waals surface area contributed by atoms with Crippen LogP contribution in [0.3, 0.4) is 0 Å². The van der Waals surface area contributed by atoms with Gasteiger partial charge in [0.1, 0.15) is 0 Å². The topological polar surface area (TPSA) is 56.5 Å². The van der Waals surface area contributed by atoms with E-state index in [1.54, 1.807) is 7.11 Å². The molecule has 0 aromatic rings. The molecule has 0 aromatic heterocycles. The minimum absolute atomic E-state index is 0.752. The van der Waals surface area contributed by atoms with Gasteiger partial charge in [0.05, 0.1) is 6.61 Å². The highest BCUT2D eigenvalue weighted by atomic mass is 16.5. The molecule has 0 heterocycles. The number of hydrogen-bond acceptors (Lipinski definition) is 4. The molecular formula is C9H22N2O2. The lowest BCUT2D eigenvalue weighted by Crippen LogP contribution is -2.22. The van der Waals surface area contributed by atoms with Gasteiger partial charge in [-0.1, -0.05) is 0 Å². The van der Waals surface area contributed by atoms with E-state index in [1.165, 1.54) is 0 Å². The smallest absolute Gasteiger partial charge is 0.0590 e. The van der Waals surface area contributed by atoms with Crippen LogP contribution in [0.1, 0.15) is 12.8 Å². The molecule has 0 atom stereocenters. The predicted octanol–water partition coefficient (Wildman–Crippen LogP) is -0.0221. The van der Waals surface area contributed by atoms with E-state index in [1.807, 2.05) is 0 Å². The van der Waals surface area contributed by atoms with Crippen LogP contribution >= 0.6 is 0 Å². The minimum atomic E-state index is 0.752. The number of nitrogens with two attached hydrogens (primary N) is 1. The third kappa shape index (κ3) is 11.8. The van der Waals surface area contributed by atoms with Crippen molar-refractivity contribution >= 4 is 0 Å². The summed E-state index contributed by atoms with van der Waals surface area (Å²) < 4.78 is 10.2. The molecule has 0 aliphatic carbocycles. The van der Waals surface area contributed by atoms with Gasteiger partial charge in [-0.05, 0) is 25.9 Å². The predicted molar refractivity (Wildman–Crippen MR) is 53.9 cm³/mol. The Bertz CT molecular complexity index is 81.7. The van der Waals surface area contributed by atoms with Crippen LogP contribution in [0.25, 0.3) is 0 Å². The normalized spacial score (nSPS) is 10.6. The lowest BCUT2D eigenvalue weighted by atomic mass is 10.4. The molecule has 4 nitrogen and oxygen atoms in total. The summed E-state index contributed by atoms with van der Waals surface area (Å²) in [6.07, 6.45) is 2.00. The maximum Gasteiger partial charge on any atom is 0.0590 e. The van der Waals surface area contributed by atoms with Crippen molar-refractivity contribution in [2.75, 3.05) is 46.6 Å². The van der Waals surface area contributed by atoms with Crippen molar-refractivity contribution < 1.29 is 9.47 Å². The van der Waals surface area contributed by atoms with Crippen molar-refractivity contribution in [3.8, 4) is 0 Å². The highest BCUT2D eigenvalue weighted by Gasteiger charge is 1.89. The maximum atomic E-state index is 5.34. The Morgan fingerprint density at radius 1 is 1.08 bits per heavy atom. The second-order valence-electron chi connectivity index (χ2n) is 2.85. The SMILES string of the molecule is COCCCOCCNCCCN. The van der Waals surface area contributed by atoms with Gasteiger partial charge in [0.2, 0.25) is 0 Å². The van der Waals surface area contributed by atoms with Gasteiger partial charge in [-0.3, -0.25) is 0 Å². The summed E-state index contributed by atoms with van der Waals surface area (Å²) in [5.41, 5.74) is 5.34. The van der Waals surface area contributed by atoms with E-state index in [0.29, 0.717) is 0 Å². The van der Waals surface area contributed by atoms with Gasteiger partial charge in [-0.25, -0.2) is 0 Å². The van der Waals surface area contributed by atoms with Crippen molar-refractivity contribution in [1.82, 2.24) is 5.32 Å². The summed E-state index contributed by atoms with van der Waals surface area (Å²) in [6, 6.07) is 0. The van der Waals surface area contributed by atoms with Crippen LogP contribution < -0.4 is 11.1 Å². The van der Waals surface area contributed by atoms with Gasteiger partial charge in [-0.15, -0.1) is 0 Å². The molecule has 0 aromatic carbocycles. The van der Waals surface area contributed by atoms with E-state index in [9.17, 15) is 0 Å². The average molecular weight is 190 g/mol. The first-order chi connectivity index (χ1) is 6.41. The molecule has 0 saturated heterocycles. The monoisotopic (exact) mass is 190 g/mol. The molecule has 0 saturated carbocycles. The highest BCUT2D eigenvalue weighted by Crippen LogP contribution is 1.82. The van der Waals surface area contributed by atoms with Crippen LogP contribution in [0.5, 0.6) is 0 Å². The van der Waals surface area contributed by atoms with Gasteiger partial charge in [0.15, 0.2) is 0 Å². The average Bonchev–Trinajstić information content (AvgIpc) is 2.16. The summed E-state index contributed by atoms with van der Waals surface area (Å²) >= 11 is 0. The van der Waals surface area contributed by atoms with Crippen molar-refractivity contribution in [3.05, 3.63) is 0 Å². The Hall–Kier alpha value is -0.160. The largest absolute Gasteiger partial charge is 0.385 e. The number of rotatable bonds is 10. The fourth-order valence-corrected chi connectivity index (χ4v) is 0.904. The minimum Gasteiger partial charge on any atom is -0.385 e. The Balaban J connectivity index is 2.76. The standard InChI is InChI=1S/C9H22N2O2/c1-12-7-3-8-13-9-6-11-5-2-4-10/h11H,2-10H2,1H3. The Morgan fingerprint density at radius 3 is 2.62 bits per heavy atom. The molecule has 0 rings (SSSR count). The summed E-state index contributed by atoms with van der Waals surface area (Å²) in [5, 5.41) is 3.24.